The lowest BCUT2D eigenvalue weighted by molar-refractivity contribution is -0.141. The Morgan fingerprint density at radius 2 is 2.00 bits per heavy atom. The van der Waals surface area contributed by atoms with E-state index in [9.17, 15) is 13.2 Å². The van der Waals surface area contributed by atoms with Crippen molar-refractivity contribution in [3.05, 3.63) is 0 Å². The van der Waals surface area contributed by atoms with E-state index in [0.29, 0.717) is 26.1 Å². The summed E-state index contributed by atoms with van der Waals surface area (Å²) >= 11 is 0. The van der Waals surface area contributed by atoms with Crippen LogP contribution in [0.3, 0.4) is 0 Å². The fourth-order valence-electron chi connectivity index (χ4n) is 3.09. The van der Waals surface area contributed by atoms with Gasteiger partial charge in [0.2, 0.25) is 15.9 Å². The Labute approximate surface area is 127 Å². The van der Waals surface area contributed by atoms with Crippen molar-refractivity contribution in [3.8, 4) is 0 Å². The highest BCUT2D eigenvalue weighted by atomic mass is 32.2. The zero-order valence-electron chi connectivity index (χ0n) is 12.7. The van der Waals surface area contributed by atoms with Crippen LogP contribution in [0, 0.1) is 5.92 Å². The van der Waals surface area contributed by atoms with Crippen molar-refractivity contribution in [2.45, 2.75) is 44.6 Å². The van der Waals surface area contributed by atoms with Gasteiger partial charge in [-0.3, -0.25) is 4.79 Å². The number of rotatable bonds is 6. The Balaban J connectivity index is 2.01. The zero-order chi connectivity index (χ0) is 15.5. The fourth-order valence-corrected chi connectivity index (χ4v) is 4.00. The van der Waals surface area contributed by atoms with Gasteiger partial charge in [-0.15, -0.1) is 0 Å². The number of carbonyl (C=O) groups is 1. The highest BCUT2D eigenvalue weighted by Crippen LogP contribution is 2.28. The molecule has 0 radical (unpaired) electrons. The summed E-state index contributed by atoms with van der Waals surface area (Å²) in [6.07, 6.45) is 6.49. The molecule has 2 rings (SSSR count). The third-order valence-electron chi connectivity index (χ3n) is 4.56. The molecule has 1 heterocycles. The third kappa shape index (κ3) is 4.17. The second-order valence-electron chi connectivity index (χ2n) is 6.15. The molecule has 2 aliphatic rings. The van der Waals surface area contributed by atoms with Crippen molar-refractivity contribution < 1.29 is 18.3 Å². The zero-order valence-corrected chi connectivity index (χ0v) is 13.5. The highest BCUT2D eigenvalue weighted by Gasteiger charge is 2.36. The number of hydrogen-bond acceptors (Lipinski definition) is 4. The molecule has 0 aromatic rings. The molecule has 1 amide bonds. The van der Waals surface area contributed by atoms with Crippen LogP contribution in [0.2, 0.25) is 0 Å². The molecule has 1 atom stereocenters. The van der Waals surface area contributed by atoms with Crippen LogP contribution in [0.1, 0.15) is 38.5 Å². The minimum atomic E-state index is -3.22. The number of nitrogens with zero attached hydrogens (tertiary/aromatic N) is 2. The predicted molar refractivity (Wildman–Crippen MR) is 80.2 cm³/mol. The minimum Gasteiger partial charge on any atom is -0.396 e. The maximum atomic E-state index is 12.7. The summed E-state index contributed by atoms with van der Waals surface area (Å²) in [5.74, 6) is -0.158. The first kappa shape index (κ1) is 16.7. The van der Waals surface area contributed by atoms with Crippen LogP contribution in [-0.4, -0.2) is 67.2 Å². The summed E-state index contributed by atoms with van der Waals surface area (Å²) in [7, 11) is -3.22. The summed E-state index contributed by atoms with van der Waals surface area (Å²) in [6.45, 7) is 1.48. The molecule has 1 unspecified atom stereocenters. The van der Waals surface area contributed by atoms with E-state index in [2.05, 4.69) is 0 Å². The Kier molecular flexibility index (Phi) is 5.62. The predicted octanol–water partition coefficient (Wildman–Crippen LogP) is 0.421. The topological polar surface area (TPSA) is 77.9 Å². The first-order valence-electron chi connectivity index (χ1n) is 7.80. The van der Waals surface area contributed by atoms with E-state index in [1.807, 2.05) is 4.90 Å². The molecule has 0 aromatic heterocycles. The van der Waals surface area contributed by atoms with Crippen LogP contribution >= 0.6 is 0 Å². The molecular formula is C14H26N2O4S. The maximum absolute atomic E-state index is 12.7. The smallest absolute Gasteiger partial charge is 0.227 e. The van der Waals surface area contributed by atoms with Crippen molar-refractivity contribution in [3.63, 3.8) is 0 Å². The van der Waals surface area contributed by atoms with Gasteiger partial charge in [-0.25, -0.2) is 12.7 Å². The standard InChI is InChI=1S/C14H26N2O4S/c1-21(19,20)15-8-3-5-12(11-15)14(18)16(9-4-10-17)13-6-2-7-13/h12-13,17H,2-11H2,1H3. The molecule has 0 aromatic carbocycles. The summed E-state index contributed by atoms with van der Waals surface area (Å²) in [4.78, 5) is 14.6. The van der Waals surface area contributed by atoms with Gasteiger partial charge in [0.05, 0.1) is 12.2 Å². The van der Waals surface area contributed by atoms with Gasteiger partial charge in [0, 0.05) is 32.3 Å². The second kappa shape index (κ2) is 7.07. The first-order valence-corrected chi connectivity index (χ1v) is 9.64. The molecule has 0 bridgehead atoms. The van der Waals surface area contributed by atoms with Crippen LogP contribution in [0.25, 0.3) is 0 Å². The molecule has 6 nitrogen and oxygen atoms in total. The number of amides is 1. The average Bonchev–Trinajstić information content (AvgIpc) is 2.39. The molecule has 0 spiro atoms. The number of aliphatic hydroxyl groups is 1. The van der Waals surface area contributed by atoms with Gasteiger partial charge in [-0.1, -0.05) is 0 Å². The van der Waals surface area contributed by atoms with Crippen LogP contribution < -0.4 is 0 Å². The van der Waals surface area contributed by atoms with Gasteiger partial charge >= 0.3 is 0 Å². The maximum Gasteiger partial charge on any atom is 0.227 e. The average molecular weight is 318 g/mol. The molecule has 1 saturated heterocycles. The van der Waals surface area contributed by atoms with Crippen LogP contribution in [0.4, 0.5) is 0 Å². The molecule has 1 N–H and O–H groups in total. The Morgan fingerprint density at radius 3 is 2.52 bits per heavy atom. The van der Waals surface area contributed by atoms with Gasteiger partial charge in [0.25, 0.3) is 0 Å². The van der Waals surface area contributed by atoms with Crippen molar-refractivity contribution in [1.82, 2.24) is 9.21 Å². The number of piperidine rings is 1. The molecular weight excluding hydrogens is 292 g/mol. The Hall–Kier alpha value is -0.660. The number of sulfonamides is 1. The summed E-state index contributed by atoms with van der Waals surface area (Å²) in [6, 6.07) is 0.290. The molecule has 122 valence electrons. The van der Waals surface area contributed by atoms with Gasteiger partial charge in [0.15, 0.2) is 0 Å². The molecule has 1 saturated carbocycles. The summed E-state index contributed by atoms with van der Waals surface area (Å²) in [5, 5.41) is 9.00. The van der Waals surface area contributed by atoms with Crippen LogP contribution in [0.15, 0.2) is 0 Å². The van der Waals surface area contributed by atoms with Crippen molar-refractivity contribution in [1.29, 1.82) is 0 Å². The first-order chi connectivity index (χ1) is 9.93. The normalized spacial score (nSPS) is 24.6. The van der Waals surface area contributed by atoms with E-state index in [4.69, 9.17) is 5.11 Å². The number of carbonyl (C=O) groups excluding carboxylic acids is 1. The van der Waals surface area contributed by atoms with Crippen molar-refractivity contribution >= 4 is 15.9 Å². The van der Waals surface area contributed by atoms with E-state index in [0.717, 1.165) is 32.1 Å². The van der Waals surface area contributed by atoms with Crippen LogP contribution in [0.5, 0.6) is 0 Å². The molecule has 2 fully saturated rings. The molecule has 21 heavy (non-hydrogen) atoms. The quantitative estimate of drug-likeness (QED) is 0.770. The van der Waals surface area contributed by atoms with Gasteiger partial charge in [0.1, 0.15) is 0 Å². The number of aliphatic hydroxyl groups excluding tert-OH is 1. The highest BCUT2D eigenvalue weighted by molar-refractivity contribution is 7.88. The van der Waals surface area contributed by atoms with Gasteiger partial charge < -0.3 is 10.0 Å². The molecule has 1 aliphatic heterocycles. The van der Waals surface area contributed by atoms with Crippen molar-refractivity contribution in [2.24, 2.45) is 5.92 Å². The van der Waals surface area contributed by atoms with E-state index < -0.39 is 10.0 Å². The van der Waals surface area contributed by atoms with Gasteiger partial charge in [-0.05, 0) is 38.5 Å². The fraction of sp³-hybridized carbons (Fsp3) is 0.929. The van der Waals surface area contributed by atoms with E-state index in [1.54, 1.807) is 0 Å². The lowest BCUT2D eigenvalue weighted by Gasteiger charge is -2.41. The number of hydrogen-bond donors (Lipinski definition) is 1. The second-order valence-corrected chi connectivity index (χ2v) is 8.14. The lowest BCUT2D eigenvalue weighted by Crippen LogP contribution is -2.51. The third-order valence-corrected chi connectivity index (χ3v) is 5.83. The van der Waals surface area contributed by atoms with Crippen molar-refractivity contribution in [2.75, 3.05) is 32.5 Å². The van der Waals surface area contributed by atoms with E-state index in [-0.39, 0.29) is 24.5 Å². The molecule has 7 heteroatoms. The SMILES string of the molecule is CS(=O)(=O)N1CCCC(C(=O)N(CCCO)C2CCC2)C1. The Morgan fingerprint density at radius 1 is 1.29 bits per heavy atom. The van der Waals surface area contributed by atoms with Gasteiger partial charge in [-0.2, -0.15) is 0 Å². The van der Waals surface area contributed by atoms with E-state index >= 15 is 0 Å². The lowest BCUT2D eigenvalue weighted by atomic mass is 9.89. The summed E-state index contributed by atoms with van der Waals surface area (Å²) < 4.78 is 24.8. The minimum absolute atomic E-state index is 0.0708. The summed E-state index contributed by atoms with van der Waals surface area (Å²) in [5.41, 5.74) is 0. The Bertz CT molecular complexity index is 462. The molecule has 1 aliphatic carbocycles. The monoisotopic (exact) mass is 318 g/mol. The van der Waals surface area contributed by atoms with Crippen LogP contribution in [-0.2, 0) is 14.8 Å². The van der Waals surface area contributed by atoms with E-state index in [1.165, 1.54) is 10.6 Å². The largest absolute Gasteiger partial charge is 0.396 e.